The summed E-state index contributed by atoms with van der Waals surface area (Å²) in [6.45, 7) is 11.5. The minimum atomic E-state index is -0.300. The molecule has 4 heteroatoms. The predicted molar refractivity (Wildman–Crippen MR) is 71.4 cm³/mol. The third-order valence-corrected chi connectivity index (χ3v) is 3.85. The van der Waals surface area contributed by atoms with E-state index >= 15 is 0 Å². The highest BCUT2D eigenvalue weighted by Gasteiger charge is 2.43. The van der Waals surface area contributed by atoms with Gasteiger partial charge in [0, 0.05) is 18.5 Å². The third-order valence-electron chi connectivity index (χ3n) is 3.85. The summed E-state index contributed by atoms with van der Waals surface area (Å²) in [5.74, 6) is 0.246. The van der Waals surface area contributed by atoms with E-state index in [9.17, 15) is 4.79 Å². The van der Waals surface area contributed by atoms with Crippen LogP contribution in [0.4, 0.5) is 0 Å². The Bertz CT molecular complexity index is 316. The van der Waals surface area contributed by atoms with Crippen LogP contribution in [-0.4, -0.2) is 48.7 Å². The monoisotopic (exact) mass is 254 g/mol. The summed E-state index contributed by atoms with van der Waals surface area (Å²) in [4.78, 5) is 14.5. The van der Waals surface area contributed by atoms with Crippen molar-refractivity contribution < 1.29 is 9.53 Å². The highest BCUT2D eigenvalue weighted by molar-refractivity contribution is 5.81. The zero-order valence-electron chi connectivity index (χ0n) is 12.1. The lowest BCUT2D eigenvalue weighted by Crippen LogP contribution is -2.61. The smallest absolute Gasteiger partial charge is 0.228 e. The molecule has 2 heterocycles. The molecule has 0 aliphatic carbocycles. The van der Waals surface area contributed by atoms with Gasteiger partial charge in [0.2, 0.25) is 5.91 Å². The van der Waals surface area contributed by atoms with Crippen LogP contribution in [0.1, 0.15) is 40.5 Å². The molecule has 4 nitrogen and oxygen atoms in total. The van der Waals surface area contributed by atoms with E-state index in [0.717, 1.165) is 39.0 Å². The molecular weight excluding hydrogens is 228 g/mol. The van der Waals surface area contributed by atoms with Gasteiger partial charge in [0.25, 0.3) is 0 Å². The Hall–Kier alpha value is -0.610. The van der Waals surface area contributed by atoms with Crippen LogP contribution in [0, 0.1) is 5.41 Å². The number of amides is 1. The first-order valence-corrected chi connectivity index (χ1v) is 7.00. The number of rotatable bonds is 0. The second-order valence-electron chi connectivity index (χ2n) is 6.80. The molecule has 1 N–H and O–H groups in total. The normalized spacial score (nSPS) is 28.4. The van der Waals surface area contributed by atoms with Crippen LogP contribution in [0.15, 0.2) is 0 Å². The topological polar surface area (TPSA) is 41.6 Å². The molecule has 0 aromatic heterocycles. The molecule has 1 amide bonds. The molecule has 104 valence electrons. The van der Waals surface area contributed by atoms with Crippen LogP contribution < -0.4 is 5.32 Å². The summed E-state index contributed by atoms with van der Waals surface area (Å²) in [5.41, 5.74) is -0.408. The first kappa shape index (κ1) is 13.8. The van der Waals surface area contributed by atoms with Gasteiger partial charge in [0.15, 0.2) is 0 Å². The third kappa shape index (κ3) is 2.86. The van der Waals surface area contributed by atoms with Gasteiger partial charge < -0.3 is 15.0 Å². The van der Waals surface area contributed by atoms with E-state index in [0.29, 0.717) is 0 Å². The van der Waals surface area contributed by atoms with Gasteiger partial charge in [0.05, 0.1) is 11.7 Å². The van der Waals surface area contributed by atoms with E-state index in [4.69, 9.17) is 4.74 Å². The number of carbonyl (C=O) groups is 1. The Balaban J connectivity index is 2.11. The van der Waals surface area contributed by atoms with Gasteiger partial charge >= 0.3 is 0 Å². The lowest BCUT2D eigenvalue weighted by Gasteiger charge is -2.48. The first-order valence-electron chi connectivity index (χ1n) is 7.00. The average molecular weight is 254 g/mol. The van der Waals surface area contributed by atoms with Gasteiger partial charge in [-0.1, -0.05) is 20.8 Å². The van der Waals surface area contributed by atoms with Gasteiger partial charge in [-0.25, -0.2) is 0 Å². The number of piperidine rings is 1. The van der Waals surface area contributed by atoms with Crippen molar-refractivity contribution in [3.05, 3.63) is 0 Å². The maximum Gasteiger partial charge on any atom is 0.228 e. The number of nitrogens with zero attached hydrogens (tertiary/aromatic N) is 1. The molecule has 0 radical (unpaired) electrons. The molecule has 2 saturated heterocycles. The van der Waals surface area contributed by atoms with E-state index in [1.54, 1.807) is 0 Å². The molecule has 18 heavy (non-hydrogen) atoms. The Morgan fingerprint density at radius 1 is 1.33 bits per heavy atom. The minimum Gasteiger partial charge on any atom is -0.368 e. The van der Waals surface area contributed by atoms with Gasteiger partial charge in [-0.05, 0) is 32.9 Å². The summed E-state index contributed by atoms with van der Waals surface area (Å²) >= 11 is 0. The fraction of sp³-hybridized carbons (Fsp3) is 0.929. The standard InChI is InChI=1S/C14H26N2O2/c1-11-9-16(12(17)13(2,3)4)10-14(18-11)5-7-15-8-6-14/h11,15H,5-10H2,1-4H3. The van der Waals surface area contributed by atoms with E-state index in [-0.39, 0.29) is 23.0 Å². The van der Waals surface area contributed by atoms with Crippen molar-refractivity contribution in [3.63, 3.8) is 0 Å². The molecule has 0 saturated carbocycles. The van der Waals surface area contributed by atoms with Crippen molar-refractivity contribution in [2.24, 2.45) is 5.41 Å². The summed E-state index contributed by atoms with van der Waals surface area (Å²) in [5, 5.41) is 3.36. The molecule has 0 aromatic carbocycles. The van der Waals surface area contributed by atoms with Crippen molar-refractivity contribution in [1.82, 2.24) is 10.2 Å². The molecule has 1 spiro atoms. The minimum absolute atomic E-state index is 0.107. The summed E-state index contributed by atoms with van der Waals surface area (Å²) in [6, 6.07) is 0. The zero-order chi connectivity index (χ0) is 13.4. The molecule has 2 rings (SSSR count). The molecule has 1 atom stereocenters. The van der Waals surface area contributed by atoms with Gasteiger partial charge in [-0.15, -0.1) is 0 Å². The van der Waals surface area contributed by atoms with Crippen LogP contribution in [0.25, 0.3) is 0 Å². The number of ether oxygens (including phenoxy) is 1. The maximum atomic E-state index is 12.4. The van der Waals surface area contributed by atoms with Gasteiger partial charge in [-0.3, -0.25) is 4.79 Å². The highest BCUT2D eigenvalue weighted by atomic mass is 16.5. The van der Waals surface area contributed by atoms with Crippen molar-refractivity contribution in [1.29, 1.82) is 0 Å². The molecule has 2 aliphatic rings. The van der Waals surface area contributed by atoms with Gasteiger partial charge in [0.1, 0.15) is 0 Å². The van der Waals surface area contributed by atoms with Gasteiger partial charge in [-0.2, -0.15) is 0 Å². The average Bonchev–Trinajstić information content (AvgIpc) is 2.26. The lowest BCUT2D eigenvalue weighted by atomic mass is 9.87. The second-order valence-corrected chi connectivity index (χ2v) is 6.80. The van der Waals surface area contributed by atoms with Crippen LogP contribution in [0.3, 0.4) is 0 Å². The Kier molecular flexibility index (Phi) is 3.70. The molecule has 1 unspecified atom stereocenters. The highest BCUT2D eigenvalue weighted by Crippen LogP contribution is 2.32. The van der Waals surface area contributed by atoms with Crippen LogP contribution in [-0.2, 0) is 9.53 Å². The maximum absolute atomic E-state index is 12.4. The number of hydrogen-bond donors (Lipinski definition) is 1. The van der Waals surface area contributed by atoms with Crippen molar-refractivity contribution in [2.45, 2.75) is 52.2 Å². The lowest BCUT2D eigenvalue weighted by molar-refractivity contribution is -0.178. The molecule has 0 bridgehead atoms. The van der Waals surface area contributed by atoms with Crippen molar-refractivity contribution >= 4 is 5.91 Å². The Morgan fingerprint density at radius 2 is 1.94 bits per heavy atom. The predicted octanol–water partition coefficient (Wildman–Crippen LogP) is 1.40. The molecule has 2 aliphatic heterocycles. The van der Waals surface area contributed by atoms with E-state index in [1.165, 1.54) is 0 Å². The van der Waals surface area contributed by atoms with E-state index in [2.05, 4.69) is 12.2 Å². The molecule has 2 fully saturated rings. The van der Waals surface area contributed by atoms with Crippen LogP contribution in [0.5, 0.6) is 0 Å². The Labute approximate surface area is 110 Å². The summed E-state index contributed by atoms with van der Waals surface area (Å²) < 4.78 is 6.17. The SMILES string of the molecule is CC1CN(C(=O)C(C)(C)C)CC2(CCNCC2)O1. The van der Waals surface area contributed by atoms with E-state index in [1.807, 2.05) is 25.7 Å². The number of hydrogen-bond acceptors (Lipinski definition) is 3. The number of carbonyl (C=O) groups excluding carboxylic acids is 1. The molecule has 0 aromatic rings. The van der Waals surface area contributed by atoms with Crippen molar-refractivity contribution in [3.8, 4) is 0 Å². The fourth-order valence-electron chi connectivity index (χ4n) is 3.01. The second kappa shape index (κ2) is 4.82. The zero-order valence-corrected chi connectivity index (χ0v) is 12.1. The number of nitrogens with one attached hydrogen (secondary N) is 1. The number of morpholine rings is 1. The largest absolute Gasteiger partial charge is 0.368 e. The van der Waals surface area contributed by atoms with Crippen LogP contribution >= 0.6 is 0 Å². The summed E-state index contributed by atoms with van der Waals surface area (Å²) in [7, 11) is 0. The quantitative estimate of drug-likeness (QED) is 0.710. The first-order chi connectivity index (χ1) is 8.32. The van der Waals surface area contributed by atoms with Crippen molar-refractivity contribution in [2.75, 3.05) is 26.2 Å². The van der Waals surface area contributed by atoms with Crippen LogP contribution in [0.2, 0.25) is 0 Å². The van der Waals surface area contributed by atoms with E-state index < -0.39 is 0 Å². The fourth-order valence-corrected chi connectivity index (χ4v) is 3.01. The Morgan fingerprint density at radius 3 is 2.50 bits per heavy atom. The summed E-state index contributed by atoms with van der Waals surface area (Å²) in [6.07, 6.45) is 2.15. The molecular formula is C14H26N2O2.